The highest BCUT2D eigenvalue weighted by atomic mass is 16.5. The summed E-state index contributed by atoms with van der Waals surface area (Å²) in [5.41, 5.74) is 0.419. The van der Waals surface area contributed by atoms with Crippen molar-refractivity contribution in [2.24, 2.45) is 5.41 Å². The summed E-state index contributed by atoms with van der Waals surface area (Å²) in [6.45, 7) is 9.93. The molecule has 0 bridgehead atoms. The Labute approximate surface area is 128 Å². The van der Waals surface area contributed by atoms with Gasteiger partial charge in [0.2, 0.25) is 0 Å². The summed E-state index contributed by atoms with van der Waals surface area (Å²) in [5.74, 6) is 1.01. The number of piperidine rings is 1. The highest BCUT2D eigenvalue weighted by molar-refractivity contribution is 5.99. The first-order chi connectivity index (χ1) is 9.97. The topological polar surface area (TPSA) is 29.5 Å². The third-order valence-corrected chi connectivity index (χ3v) is 3.92. The van der Waals surface area contributed by atoms with Crippen molar-refractivity contribution in [1.82, 2.24) is 4.90 Å². The van der Waals surface area contributed by atoms with Crippen LogP contribution in [-0.4, -0.2) is 36.9 Å². The third-order valence-electron chi connectivity index (χ3n) is 3.92. The van der Waals surface area contributed by atoms with Crippen LogP contribution in [0.15, 0.2) is 24.3 Å². The van der Waals surface area contributed by atoms with Crippen molar-refractivity contribution >= 4 is 5.78 Å². The summed E-state index contributed by atoms with van der Waals surface area (Å²) in [4.78, 5) is 14.6. The smallest absolute Gasteiger partial charge is 0.168 e. The second-order valence-corrected chi connectivity index (χ2v) is 6.85. The van der Waals surface area contributed by atoms with E-state index in [0.717, 1.165) is 17.9 Å². The van der Waals surface area contributed by atoms with Crippen LogP contribution in [0.5, 0.6) is 5.75 Å². The molecule has 116 valence electrons. The zero-order chi connectivity index (χ0) is 15.3. The molecule has 1 saturated heterocycles. The van der Waals surface area contributed by atoms with Crippen LogP contribution in [0.2, 0.25) is 0 Å². The molecule has 0 unspecified atom stereocenters. The van der Waals surface area contributed by atoms with Gasteiger partial charge in [0.1, 0.15) is 12.4 Å². The molecule has 3 heteroatoms. The van der Waals surface area contributed by atoms with Crippen LogP contribution in [0.25, 0.3) is 0 Å². The van der Waals surface area contributed by atoms with Gasteiger partial charge in [0.25, 0.3) is 0 Å². The third kappa shape index (κ3) is 4.85. The largest absolute Gasteiger partial charge is 0.492 e. The van der Waals surface area contributed by atoms with Crippen LogP contribution in [0, 0.1) is 5.41 Å². The molecule has 0 spiro atoms. The van der Waals surface area contributed by atoms with Crippen molar-refractivity contribution in [3.63, 3.8) is 0 Å². The van der Waals surface area contributed by atoms with Gasteiger partial charge in [-0.3, -0.25) is 9.69 Å². The second kappa shape index (κ2) is 7.08. The molecule has 1 aliphatic heterocycles. The number of carbonyl (C=O) groups is 1. The van der Waals surface area contributed by atoms with Gasteiger partial charge in [-0.2, -0.15) is 0 Å². The molecule has 1 aromatic rings. The lowest BCUT2D eigenvalue weighted by Gasteiger charge is -2.26. The maximum atomic E-state index is 12.2. The quantitative estimate of drug-likeness (QED) is 0.773. The number of likely N-dealkylation sites (tertiary alicyclic amines) is 1. The monoisotopic (exact) mass is 289 g/mol. The molecule has 0 N–H and O–H groups in total. The lowest BCUT2D eigenvalue weighted by molar-refractivity contribution is 0.0858. The second-order valence-electron chi connectivity index (χ2n) is 6.85. The standard InChI is InChI=1S/C18H27NO2/c1-18(2,3)17(20)15-7-9-16(10-8-15)21-14-13-19-11-5-4-6-12-19/h7-10H,4-6,11-14H2,1-3H3. The Balaban J connectivity index is 1.81. The van der Waals surface area contributed by atoms with Gasteiger partial charge >= 0.3 is 0 Å². The lowest BCUT2D eigenvalue weighted by atomic mass is 9.86. The molecule has 1 fully saturated rings. The van der Waals surface area contributed by atoms with E-state index in [-0.39, 0.29) is 11.2 Å². The van der Waals surface area contributed by atoms with Gasteiger partial charge in [-0.25, -0.2) is 0 Å². The average Bonchev–Trinajstić information content (AvgIpc) is 2.47. The molecule has 0 aliphatic carbocycles. The van der Waals surface area contributed by atoms with Crippen LogP contribution in [0.4, 0.5) is 0 Å². The van der Waals surface area contributed by atoms with E-state index in [9.17, 15) is 4.79 Å². The molecule has 0 aromatic heterocycles. The van der Waals surface area contributed by atoms with Gasteiger partial charge < -0.3 is 4.74 Å². The van der Waals surface area contributed by atoms with Crippen molar-refractivity contribution in [2.45, 2.75) is 40.0 Å². The van der Waals surface area contributed by atoms with Gasteiger partial charge in [-0.05, 0) is 50.2 Å². The van der Waals surface area contributed by atoms with E-state index < -0.39 is 0 Å². The van der Waals surface area contributed by atoms with Gasteiger partial charge in [0, 0.05) is 17.5 Å². The Kier molecular flexibility index (Phi) is 5.40. The Morgan fingerprint density at radius 1 is 1.10 bits per heavy atom. The molecule has 3 nitrogen and oxygen atoms in total. The summed E-state index contributed by atoms with van der Waals surface area (Å²) in [6, 6.07) is 7.53. The fourth-order valence-corrected chi connectivity index (χ4v) is 2.61. The number of ketones is 1. The van der Waals surface area contributed by atoms with E-state index in [4.69, 9.17) is 4.74 Å². The van der Waals surface area contributed by atoms with Crippen molar-refractivity contribution < 1.29 is 9.53 Å². The van der Waals surface area contributed by atoms with E-state index in [1.807, 2.05) is 45.0 Å². The summed E-state index contributed by atoms with van der Waals surface area (Å²) >= 11 is 0. The van der Waals surface area contributed by atoms with Crippen molar-refractivity contribution in [3.8, 4) is 5.75 Å². The number of Topliss-reactive ketones (excluding diaryl/α,β-unsaturated/α-hetero) is 1. The average molecular weight is 289 g/mol. The SMILES string of the molecule is CC(C)(C)C(=O)c1ccc(OCCN2CCCCC2)cc1. The zero-order valence-corrected chi connectivity index (χ0v) is 13.5. The highest BCUT2D eigenvalue weighted by Crippen LogP contribution is 2.22. The molecule has 0 saturated carbocycles. The molecular formula is C18H27NO2. The van der Waals surface area contributed by atoms with E-state index in [2.05, 4.69) is 4.90 Å². The number of carbonyl (C=O) groups excluding carboxylic acids is 1. The van der Waals surface area contributed by atoms with Crippen LogP contribution in [0.1, 0.15) is 50.4 Å². The van der Waals surface area contributed by atoms with Crippen LogP contribution >= 0.6 is 0 Å². The lowest BCUT2D eigenvalue weighted by Crippen LogP contribution is -2.33. The molecule has 2 rings (SSSR count). The number of hydrogen-bond acceptors (Lipinski definition) is 3. The van der Waals surface area contributed by atoms with E-state index in [0.29, 0.717) is 6.61 Å². The summed E-state index contributed by atoms with van der Waals surface area (Å²) in [5, 5.41) is 0. The number of benzene rings is 1. The first-order valence-corrected chi connectivity index (χ1v) is 7.97. The van der Waals surface area contributed by atoms with E-state index in [1.165, 1.54) is 32.4 Å². The van der Waals surface area contributed by atoms with Crippen molar-refractivity contribution in [3.05, 3.63) is 29.8 Å². The molecule has 0 atom stereocenters. The maximum Gasteiger partial charge on any atom is 0.168 e. The van der Waals surface area contributed by atoms with Gasteiger partial charge in [0.05, 0.1) is 0 Å². The van der Waals surface area contributed by atoms with Crippen molar-refractivity contribution in [1.29, 1.82) is 0 Å². The minimum Gasteiger partial charge on any atom is -0.492 e. The fourth-order valence-electron chi connectivity index (χ4n) is 2.61. The molecule has 0 radical (unpaired) electrons. The number of rotatable bonds is 5. The number of ether oxygens (including phenoxy) is 1. The number of hydrogen-bond donors (Lipinski definition) is 0. The van der Waals surface area contributed by atoms with E-state index >= 15 is 0 Å². The van der Waals surface area contributed by atoms with Gasteiger partial charge in [-0.15, -0.1) is 0 Å². The van der Waals surface area contributed by atoms with Crippen molar-refractivity contribution in [2.75, 3.05) is 26.2 Å². The first kappa shape index (κ1) is 16.0. The van der Waals surface area contributed by atoms with Crippen LogP contribution in [-0.2, 0) is 0 Å². The Morgan fingerprint density at radius 3 is 2.29 bits per heavy atom. The predicted octanol–water partition coefficient (Wildman–Crippen LogP) is 3.78. The minimum absolute atomic E-state index is 0.169. The van der Waals surface area contributed by atoms with Crippen LogP contribution in [0.3, 0.4) is 0 Å². The molecule has 1 heterocycles. The predicted molar refractivity (Wildman–Crippen MR) is 86.0 cm³/mol. The Morgan fingerprint density at radius 2 is 1.71 bits per heavy atom. The van der Waals surface area contributed by atoms with Gasteiger partial charge in [-0.1, -0.05) is 27.2 Å². The van der Waals surface area contributed by atoms with E-state index in [1.54, 1.807) is 0 Å². The zero-order valence-electron chi connectivity index (χ0n) is 13.5. The summed E-state index contributed by atoms with van der Waals surface area (Å²) in [6.07, 6.45) is 3.98. The Bertz CT molecular complexity index is 453. The fraction of sp³-hybridized carbons (Fsp3) is 0.611. The molecular weight excluding hydrogens is 262 g/mol. The van der Waals surface area contributed by atoms with Crippen LogP contribution < -0.4 is 4.74 Å². The Hall–Kier alpha value is -1.35. The highest BCUT2D eigenvalue weighted by Gasteiger charge is 2.22. The summed E-state index contributed by atoms with van der Waals surface area (Å²) < 4.78 is 5.78. The minimum atomic E-state index is -0.337. The summed E-state index contributed by atoms with van der Waals surface area (Å²) in [7, 11) is 0. The normalized spacial score (nSPS) is 16.7. The molecule has 1 aliphatic rings. The maximum absolute atomic E-state index is 12.2. The molecule has 0 amide bonds. The first-order valence-electron chi connectivity index (χ1n) is 7.97. The molecule has 1 aromatic carbocycles. The number of nitrogens with zero attached hydrogens (tertiary/aromatic N) is 1. The molecule has 21 heavy (non-hydrogen) atoms. The van der Waals surface area contributed by atoms with Gasteiger partial charge in [0.15, 0.2) is 5.78 Å².